The van der Waals surface area contributed by atoms with Crippen molar-refractivity contribution in [1.29, 1.82) is 0 Å². The molecule has 0 spiro atoms. The largest absolute Gasteiger partial charge is 0.493 e. The third-order valence-electron chi connectivity index (χ3n) is 5.58. The Morgan fingerprint density at radius 1 is 1.03 bits per heavy atom. The first kappa shape index (κ1) is 21.2. The summed E-state index contributed by atoms with van der Waals surface area (Å²) in [4.78, 5) is 15.1. The third-order valence-corrected chi connectivity index (χ3v) is 5.91. The number of rotatable bonds is 6. The molecule has 160 valence electrons. The van der Waals surface area contributed by atoms with Gasteiger partial charge in [0.25, 0.3) is 0 Å². The molecule has 0 saturated carbocycles. The molecule has 3 aromatic carbocycles. The van der Waals surface area contributed by atoms with Crippen molar-refractivity contribution >= 4 is 23.2 Å². The number of amides is 1. The summed E-state index contributed by atoms with van der Waals surface area (Å²) in [5.74, 6) is 1.31. The highest BCUT2D eigenvalue weighted by molar-refractivity contribution is 6.33. The van der Waals surface area contributed by atoms with Gasteiger partial charge < -0.3 is 14.8 Å². The van der Waals surface area contributed by atoms with Gasteiger partial charge in [-0.25, -0.2) is 0 Å². The molecule has 1 heterocycles. The Balaban J connectivity index is 1.66. The van der Waals surface area contributed by atoms with E-state index in [0.717, 1.165) is 29.8 Å². The summed E-state index contributed by atoms with van der Waals surface area (Å²) in [5.41, 5.74) is 4.07. The molecule has 0 bridgehead atoms. The quantitative estimate of drug-likeness (QED) is 0.594. The van der Waals surface area contributed by atoms with Crippen LogP contribution in [0, 0.1) is 0 Å². The van der Waals surface area contributed by atoms with Crippen LogP contribution in [0.3, 0.4) is 0 Å². The van der Waals surface area contributed by atoms with E-state index >= 15 is 0 Å². The number of carbonyl (C=O) groups excluding carboxylic acids is 1. The SMILES string of the molecule is COc1cc2c(cc1OC)C(c1ccccc1)N(CC(=O)Nc1ccccc1Cl)CC2. The molecule has 0 fully saturated rings. The first-order chi connectivity index (χ1) is 15.1. The van der Waals surface area contributed by atoms with E-state index in [9.17, 15) is 4.79 Å². The Morgan fingerprint density at radius 2 is 1.71 bits per heavy atom. The molecule has 3 aromatic rings. The number of ether oxygens (including phenoxy) is 2. The predicted octanol–water partition coefficient (Wildman–Crippen LogP) is 4.94. The van der Waals surface area contributed by atoms with E-state index in [1.54, 1.807) is 26.4 Å². The average Bonchev–Trinajstić information content (AvgIpc) is 2.80. The highest BCUT2D eigenvalue weighted by atomic mass is 35.5. The fourth-order valence-electron chi connectivity index (χ4n) is 4.13. The second-order valence-electron chi connectivity index (χ2n) is 7.47. The zero-order valence-corrected chi connectivity index (χ0v) is 18.4. The summed E-state index contributed by atoms with van der Waals surface area (Å²) in [6.07, 6.45) is 0.818. The summed E-state index contributed by atoms with van der Waals surface area (Å²) in [6, 6.07) is 21.5. The second kappa shape index (κ2) is 9.41. The van der Waals surface area contributed by atoms with Gasteiger partial charge >= 0.3 is 0 Å². The lowest BCUT2D eigenvalue weighted by atomic mass is 9.87. The van der Waals surface area contributed by atoms with E-state index in [1.165, 1.54) is 5.56 Å². The number of nitrogens with one attached hydrogen (secondary N) is 1. The van der Waals surface area contributed by atoms with Gasteiger partial charge in [0, 0.05) is 6.54 Å². The molecule has 6 heteroatoms. The van der Waals surface area contributed by atoms with Gasteiger partial charge in [0.15, 0.2) is 11.5 Å². The fourth-order valence-corrected chi connectivity index (χ4v) is 4.31. The van der Waals surface area contributed by atoms with Crippen LogP contribution in [0.25, 0.3) is 0 Å². The maximum atomic E-state index is 12.9. The number of fused-ring (bicyclic) bond motifs is 1. The van der Waals surface area contributed by atoms with Crippen LogP contribution in [0.5, 0.6) is 11.5 Å². The molecule has 4 rings (SSSR count). The number of carbonyl (C=O) groups is 1. The molecule has 5 nitrogen and oxygen atoms in total. The van der Waals surface area contributed by atoms with Crippen LogP contribution >= 0.6 is 11.6 Å². The molecule has 31 heavy (non-hydrogen) atoms. The number of benzene rings is 3. The Bertz CT molecular complexity index is 1070. The zero-order chi connectivity index (χ0) is 21.8. The molecule has 0 radical (unpaired) electrons. The minimum atomic E-state index is -0.0991. The zero-order valence-electron chi connectivity index (χ0n) is 17.6. The number of anilines is 1. The monoisotopic (exact) mass is 436 g/mol. The molecule has 1 amide bonds. The van der Waals surface area contributed by atoms with Gasteiger partial charge in [0.05, 0.1) is 37.5 Å². The first-order valence-electron chi connectivity index (χ1n) is 10.2. The van der Waals surface area contributed by atoms with Crippen LogP contribution in [-0.2, 0) is 11.2 Å². The molecule has 1 aliphatic rings. The van der Waals surface area contributed by atoms with Gasteiger partial charge in [0.2, 0.25) is 5.91 Å². The molecule has 1 unspecified atom stereocenters. The first-order valence-corrected chi connectivity index (χ1v) is 10.6. The van der Waals surface area contributed by atoms with Gasteiger partial charge in [-0.3, -0.25) is 9.69 Å². The Morgan fingerprint density at radius 3 is 2.42 bits per heavy atom. The van der Waals surface area contributed by atoms with E-state index < -0.39 is 0 Å². The molecule has 0 saturated heterocycles. The van der Waals surface area contributed by atoms with Crippen molar-refractivity contribution in [1.82, 2.24) is 4.90 Å². The smallest absolute Gasteiger partial charge is 0.238 e. The summed E-state index contributed by atoms with van der Waals surface area (Å²) in [5, 5.41) is 3.46. The highest BCUT2D eigenvalue weighted by Gasteiger charge is 2.31. The number of halogens is 1. The minimum Gasteiger partial charge on any atom is -0.493 e. The Labute approximate surface area is 187 Å². The van der Waals surface area contributed by atoms with E-state index in [0.29, 0.717) is 16.5 Å². The maximum absolute atomic E-state index is 12.9. The van der Waals surface area contributed by atoms with Crippen molar-refractivity contribution in [3.8, 4) is 11.5 Å². The summed E-state index contributed by atoms with van der Waals surface area (Å²) in [6.45, 7) is 0.997. The molecule has 1 N–H and O–H groups in total. The van der Waals surface area contributed by atoms with Crippen LogP contribution in [0.15, 0.2) is 66.7 Å². The number of methoxy groups -OCH3 is 2. The van der Waals surface area contributed by atoms with Gasteiger partial charge in [-0.1, -0.05) is 54.1 Å². The lowest BCUT2D eigenvalue weighted by molar-refractivity contribution is -0.117. The van der Waals surface area contributed by atoms with Crippen molar-refractivity contribution in [2.24, 2.45) is 0 Å². The fraction of sp³-hybridized carbons (Fsp3) is 0.240. The number of para-hydroxylation sites is 1. The topological polar surface area (TPSA) is 50.8 Å². The van der Waals surface area contributed by atoms with Gasteiger partial charge in [0.1, 0.15) is 0 Å². The van der Waals surface area contributed by atoms with Crippen molar-refractivity contribution in [3.05, 3.63) is 88.4 Å². The van der Waals surface area contributed by atoms with Gasteiger partial charge in [-0.2, -0.15) is 0 Å². The van der Waals surface area contributed by atoms with Crippen molar-refractivity contribution in [2.45, 2.75) is 12.5 Å². The average molecular weight is 437 g/mol. The van der Waals surface area contributed by atoms with E-state index in [-0.39, 0.29) is 18.5 Å². The maximum Gasteiger partial charge on any atom is 0.238 e. The Hall–Kier alpha value is -3.02. The van der Waals surface area contributed by atoms with Gasteiger partial charge in [-0.15, -0.1) is 0 Å². The Kier molecular flexibility index (Phi) is 6.44. The number of nitrogens with zero attached hydrogens (tertiary/aromatic N) is 1. The van der Waals surface area contributed by atoms with Crippen LogP contribution in [0.2, 0.25) is 5.02 Å². The predicted molar refractivity (Wildman–Crippen MR) is 123 cm³/mol. The molecule has 0 aliphatic carbocycles. The molecular formula is C25H25ClN2O3. The van der Waals surface area contributed by atoms with E-state index in [2.05, 4.69) is 22.3 Å². The van der Waals surface area contributed by atoms with Crippen LogP contribution in [0.1, 0.15) is 22.7 Å². The number of hydrogen-bond donors (Lipinski definition) is 1. The van der Waals surface area contributed by atoms with Crippen LogP contribution < -0.4 is 14.8 Å². The lowest BCUT2D eigenvalue weighted by Gasteiger charge is -2.37. The minimum absolute atomic E-state index is 0.0678. The molecule has 0 aromatic heterocycles. The van der Waals surface area contributed by atoms with E-state index in [4.69, 9.17) is 21.1 Å². The van der Waals surface area contributed by atoms with E-state index in [1.807, 2.05) is 42.5 Å². The van der Waals surface area contributed by atoms with Crippen molar-refractivity contribution in [3.63, 3.8) is 0 Å². The van der Waals surface area contributed by atoms with Crippen LogP contribution in [0.4, 0.5) is 5.69 Å². The lowest BCUT2D eigenvalue weighted by Crippen LogP contribution is -2.41. The molecule has 1 atom stereocenters. The van der Waals surface area contributed by atoms with Crippen molar-refractivity contribution in [2.75, 3.05) is 32.6 Å². The second-order valence-corrected chi connectivity index (χ2v) is 7.87. The van der Waals surface area contributed by atoms with Crippen LogP contribution in [-0.4, -0.2) is 38.1 Å². The number of hydrogen-bond acceptors (Lipinski definition) is 4. The summed E-state index contributed by atoms with van der Waals surface area (Å²) < 4.78 is 11.1. The van der Waals surface area contributed by atoms with Gasteiger partial charge in [-0.05, 0) is 47.4 Å². The molecule has 1 aliphatic heterocycles. The standard InChI is InChI=1S/C25H25ClN2O3/c1-30-22-14-18-12-13-28(16-24(29)27-21-11-7-6-10-20(21)26)25(17-8-4-3-5-9-17)19(18)15-23(22)31-2/h3-11,14-15,25H,12-13,16H2,1-2H3,(H,27,29). The van der Waals surface area contributed by atoms with Crippen molar-refractivity contribution < 1.29 is 14.3 Å². The summed E-state index contributed by atoms with van der Waals surface area (Å²) in [7, 11) is 3.28. The highest BCUT2D eigenvalue weighted by Crippen LogP contribution is 2.40. The molecular weight excluding hydrogens is 412 g/mol. The normalized spacial score (nSPS) is 15.8. The third kappa shape index (κ3) is 4.53. The summed E-state index contributed by atoms with van der Waals surface area (Å²) >= 11 is 6.21.